The molecule has 5 aromatic carbocycles. The van der Waals surface area contributed by atoms with E-state index in [2.05, 4.69) is 170 Å². The lowest BCUT2D eigenvalue weighted by Gasteiger charge is -2.17. The summed E-state index contributed by atoms with van der Waals surface area (Å²) in [5, 5.41) is 9.34. The van der Waals surface area contributed by atoms with Crippen LogP contribution in [0.2, 0.25) is 0 Å². The first kappa shape index (κ1) is 37.3. The molecule has 0 atom stereocenters. The molecule has 0 saturated carbocycles. The summed E-state index contributed by atoms with van der Waals surface area (Å²) in [6, 6.07) is 50.5. The minimum atomic E-state index is -0.821. The van der Waals surface area contributed by atoms with Gasteiger partial charge in [0.1, 0.15) is 0 Å². The first-order valence-electron chi connectivity index (χ1n) is 18.7. The van der Waals surface area contributed by atoms with Crippen LogP contribution in [0, 0.1) is 0 Å². The van der Waals surface area contributed by atoms with E-state index in [9.17, 15) is 9.90 Å². The standard InChI is InChI=1S/C51H40O2S3/c52-50(53)35-36-23-29-45(30-24-36)54-51-43(25-21-37-31-46(39-13-5-1-6-14-39)55-47(32-37)40-15-7-2-8-16-40)27-28-44(51)26-22-38-33-48(41-17-9-3-10-18-41)56-49(34-38)42-19-11-4-12-20-42/h1-26,29-34,55H,27-28,35H2,(H,52,53)/b25-21+,44-26+. The summed E-state index contributed by atoms with van der Waals surface area (Å²) < 4.78 is 0. The summed E-state index contributed by atoms with van der Waals surface area (Å²) >= 11 is 4.77. The SMILES string of the molecule is O=C(O)Cc1ccc(SC2=C(/C=C/C3=CC(c4ccccc4)=[SH]C(c4ccccc4)=C3)CC/C2=C\C=C2C=C(c3ccccc3)SC(c3ccccc3)=C2)cc1. The van der Waals surface area contributed by atoms with Gasteiger partial charge < -0.3 is 5.11 Å². The van der Waals surface area contributed by atoms with Crippen molar-refractivity contribution in [1.29, 1.82) is 0 Å². The zero-order valence-electron chi connectivity index (χ0n) is 30.7. The van der Waals surface area contributed by atoms with Gasteiger partial charge in [-0.25, -0.2) is 0 Å². The second kappa shape index (κ2) is 17.9. The molecule has 0 amide bonds. The molecule has 5 heteroatoms. The highest BCUT2D eigenvalue weighted by atomic mass is 32.2. The van der Waals surface area contributed by atoms with Gasteiger partial charge in [-0.15, -0.1) is 0 Å². The van der Waals surface area contributed by atoms with E-state index in [0.717, 1.165) is 28.9 Å². The quantitative estimate of drug-likeness (QED) is 0.103. The Kier molecular flexibility index (Phi) is 11.9. The number of hydrogen-bond donors (Lipinski definition) is 2. The Bertz CT molecular complexity index is 2420. The molecule has 1 N–H and O–H groups in total. The van der Waals surface area contributed by atoms with Crippen LogP contribution in [0.4, 0.5) is 0 Å². The van der Waals surface area contributed by atoms with Gasteiger partial charge in [-0.05, 0) is 99.4 Å². The van der Waals surface area contributed by atoms with E-state index in [-0.39, 0.29) is 6.42 Å². The third-order valence-electron chi connectivity index (χ3n) is 9.62. The summed E-state index contributed by atoms with van der Waals surface area (Å²) in [5.74, 6) is -0.821. The number of carboxylic acids is 1. The Morgan fingerprint density at radius 2 is 1.20 bits per heavy atom. The molecule has 0 fully saturated rings. The number of carboxylic acid groups (broad SMARTS) is 1. The van der Waals surface area contributed by atoms with Gasteiger partial charge in [-0.1, -0.05) is 181 Å². The van der Waals surface area contributed by atoms with Crippen molar-refractivity contribution in [1.82, 2.24) is 0 Å². The molecule has 2 heterocycles. The van der Waals surface area contributed by atoms with Gasteiger partial charge in [0.05, 0.1) is 6.42 Å². The minimum absolute atomic E-state index is 0.0185. The molecule has 0 spiro atoms. The topological polar surface area (TPSA) is 37.3 Å². The van der Waals surface area contributed by atoms with Crippen molar-refractivity contribution < 1.29 is 9.90 Å². The van der Waals surface area contributed by atoms with Gasteiger partial charge in [0.15, 0.2) is 0 Å². The Hall–Kier alpha value is -5.59. The van der Waals surface area contributed by atoms with Gasteiger partial charge in [0, 0.05) is 29.4 Å². The number of carbonyl (C=O) groups is 1. The van der Waals surface area contributed by atoms with E-state index in [1.807, 2.05) is 36.0 Å². The van der Waals surface area contributed by atoms with Crippen LogP contribution in [0.1, 0.15) is 40.7 Å². The number of thiol groups is 1. The molecule has 8 rings (SSSR count). The van der Waals surface area contributed by atoms with E-state index >= 15 is 0 Å². The third-order valence-corrected chi connectivity index (χ3v) is 13.3. The van der Waals surface area contributed by atoms with Crippen LogP contribution in [0.15, 0.2) is 226 Å². The molecule has 0 unspecified atom stereocenters. The predicted molar refractivity (Wildman–Crippen MR) is 244 cm³/mol. The first-order valence-corrected chi connectivity index (χ1v) is 21.2. The fraction of sp³-hybridized carbons (Fsp3) is 0.0588. The van der Waals surface area contributed by atoms with Crippen molar-refractivity contribution in [2.75, 3.05) is 0 Å². The van der Waals surface area contributed by atoms with E-state index in [1.165, 1.54) is 74.8 Å². The zero-order chi connectivity index (χ0) is 38.1. The molecule has 56 heavy (non-hydrogen) atoms. The Labute approximate surface area is 341 Å². The van der Waals surface area contributed by atoms with Crippen molar-refractivity contribution in [2.45, 2.75) is 24.2 Å². The smallest absolute Gasteiger partial charge is 0.307 e. The lowest BCUT2D eigenvalue weighted by atomic mass is 10.1. The summed E-state index contributed by atoms with van der Waals surface area (Å²) in [6.45, 7) is 0. The van der Waals surface area contributed by atoms with Gasteiger partial charge in [-0.2, -0.15) is 11.4 Å². The molecule has 5 aromatic rings. The average molecular weight is 781 g/mol. The average Bonchev–Trinajstić information content (AvgIpc) is 3.64. The maximum Gasteiger partial charge on any atom is 0.307 e. The van der Waals surface area contributed by atoms with Gasteiger partial charge >= 0.3 is 5.97 Å². The van der Waals surface area contributed by atoms with Gasteiger partial charge in [0.25, 0.3) is 0 Å². The van der Waals surface area contributed by atoms with Crippen LogP contribution >= 0.6 is 34.9 Å². The number of aliphatic carboxylic acids is 1. The largest absolute Gasteiger partial charge is 0.481 e. The number of allylic oxidation sites excluding steroid dienone is 12. The van der Waals surface area contributed by atoms with Crippen LogP contribution in [-0.2, 0) is 11.2 Å². The number of hydrogen-bond acceptors (Lipinski definition) is 3. The van der Waals surface area contributed by atoms with Crippen LogP contribution < -0.4 is 0 Å². The fourth-order valence-electron chi connectivity index (χ4n) is 6.78. The van der Waals surface area contributed by atoms with E-state index in [4.69, 9.17) is 0 Å². The molecule has 2 aliphatic heterocycles. The van der Waals surface area contributed by atoms with Crippen molar-refractivity contribution >= 4 is 60.4 Å². The molecule has 0 saturated heterocycles. The summed E-state index contributed by atoms with van der Waals surface area (Å²) in [4.78, 5) is 18.7. The summed E-state index contributed by atoms with van der Waals surface area (Å²) in [6.07, 6.45) is 20.3. The highest BCUT2D eigenvalue weighted by molar-refractivity contribution is 8.16. The fourth-order valence-corrected chi connectivity index (χ4v) is 10.3. The van der Waals surface area contributed by atoms with Crippen molar-refractivity contribution in [3.8, 4) is 0 Å². The van der Waals surface area contributed by atoms with Crippen LogP contribution in [-0.4, -0.2) is 15.9 Å². The summed E-state index contributed by atoms with van der Waals surface area (Å²) in [5.41, 5.74) is 10.6. The van der Waals surface area contributed by atoms with Crippen molar-refractivity contribution in [3.05, 3.63) is 249 Å². The first-order chi connectivity index (χ1) is 27.5. The van der Waals surface area contributed by atoms with E-state index in [0.29, 0.717) is 0 Å². The molecule has 0 radical (unpaired) electrons. The lowest BCUT2D eigenvalue weighted by molar-refractivity contribution is -0.136. The minimum Gasteiger partial charge on any atom is -0.481 e. The molecule has 3 aliphatic rings. The summed E-state index contributed by atoms with van der Waals surface area (Å²) in [7, 11) is 0. The Morgan fingerprint density at radius 1 is 0.625 bits per heavy atom. The number of benzene rings is 5. The molecular formula is C51H40O2S3. The van der Waals surface area contributed by atoms with Crippen molar-refractivity contribution in [3.63, 3.8) is 0 Å². The Morgan fingerprint density at radius 3 is 1.79 bits per heavy atom. The molecule has 2 nitrogen and oxygen atoms in total. The molecule has 1 aliphatic carbocycles. The molecule has 0 bridgehead atoms. The van der Waals surface area contributed by atoms with Crippen molar-refractivity contribution in [2.24, 2.45) is 0 Å². The number of rotatable bonds is 11. The molecule has 274 valence electrons. The van der Waals surface area contributed by atoms with Crippen LogP contribution in [0.5, 0.6) is 0 Å². The molecule has 0 aromatic heterocycles. The lowest BCUT2D eigenvalue weighted by Crippen LogP contribution is -1.99. The third kappa shape index (κ3) is 9.43. The Balaban J connectivity index is 1.17. The van der Waals surface area contributed by atoms with Crippen LogP contribution in [0.25, 0.3) is 14.7 Å². The normalized spacial score (nSPS) is 16.5. The maximum absolute atomic E-state index is 11.4. The maximum atomic E-state index is 11.4. The monoisotopic (exact) mass is 780 g/mol. The van der Waals surface area contributed by atoms with E-state index in [1.54, 1.807) is 11.8 Å². The molecular weight excluding hydrogens is 741 g/mol. The van der Waals surface area contributed by atoms with Gasteiger partial charge in [0.2, 0.25) is 0 Å². The highest BCUT2D eigenvalue weighted by Gasteiger charge is 2.20. The second-order valence-electron chi connectivity index (χ2n) is 13.6. The predicted octanol–water partition coefficient (Wildman–Crippen LogP) is 13.4. The van der Waals surface area contributed by atoms with Crippen LogP contribution in [0.3, 0.4) is 0 Å². The van der Waals surface area contributed by atoms with E-state index < -0.39 is 5.97 Å². The number of thioether (sulfide) groups is 2. The zero-order valence-corrected chi connectivity index (χ0v) is 33.2. The van der Waals surface area contributed by atoms with Gasteiger partial charge in [-0.3, -0.25) is 4.79 Å². The highest BCUT2D eigenvalue weighted by Crippen LogP contribution is 2.46. The second-order valence-corrected chi connectivity index (χ2v) is 17.0.